The number of piperazine rings is 1. The summed E-state index contributed by atoms with van der Waals surface area (Å²) < 4.78 is 0. The Hall–Kier alpha value is -2.28. The Morgan fingerprint density at radius 1 is 1.05 bits per heavy atom. The summed E-state index contributed by atoms with van der Waals surface area (Å²) in [5, 5.41) is 0. The first-order valence-electron chi connectivity index (χ1n) is 7.65. The summed E-state index contributed by atoms with van der Waals surface area (Å²) in [6.07, 6.45) is 2.64. The average molecular weight is 301 g/mol. The molecule has 2 aliphatic heterocycles. The first-order valence-corrected chi connectivity index (χ1v) is 7.65. The van der Waals surface area contributed by atoms with E-state index >= 15 is 0 Å². The Morgan fingerprint density at radius 3 is 2.55 bits per heavy atom. The maximum Gasteiger partial charge on any atom is 0.223 e. The van der Waals surface area contributed by atoms with Gasteiger partial charge in [0.15, 0.2) is 5.96 Å². The molecule has 0 amide bonds. The highest BCUT2D eigenvalue weighted by Gasteiger charge is 2.30. The fraction of sp³-hybridized carbons (Fsp3) is 0.467. The first-order chi connectivity index (χ1) is 10.6. The maximum absolute atomic E-state index is 5.63. The Bertz CT molecular complexity index is 574. The summed E-state index contributed by atoms with van der Waals surface area (Å²) in [4.78, 5) is 12.9. The number of benzene rings is 1. The highest BCUT2D eigenvalue weighted by atomic mass is 15.3. The molecule has 6 N–H and O–H groups in total. The van der Waals surface area contributed by atoms with Gasteiger partial charge in [0.25, 0.3) is 0 Å². The van der Waals surface area contributed by atoms with Crippen LogP contribution in [-0.2, 0) is 0 Å². The third kappa shape index (κ3) is 3.30. The van der Waals surface area contributed by atoms with E-state index in [1.54, 1.807) is 0 Å². The lowest BCUT2D eigenvalue weighted by Crippen LogP contribution is -2.50. The van der Waals surface area contributed by atoms with Crippen LogP contribution in [0.25, 0.3) is 0 Å². The van der Waals surface area contributed by atoms with Crippen molar-refractivity contribution in [3.8, 4) is 0 Å². The summed E-state index contributed by atoms with van der Waals surface area (Å²) in [6.45, 7) is 4.60. The maximum atomic E-state index is 5.63. The van der Waals surface area contributed by atoms with Gasteiger partial charge in [0, 0.05) is 31.4 Å². The monoisotopic (exact) mass is 301 g/mol. The molecule has 2 saturated heterocycles. The van der Waals surface area contributed by atoms with Crippen molar-refractivity contribution >= 4 is 23.3 Å². The zero-order chi connectivity index (χ0) is 15.5. The van der Waals surface area contributed by atoms with Gasteiger partial charge in [-0.1, -0.05) is 0 Å². The van der Waals surface area contributed by atoms with Crippen molar-refractivity contribution < 1.29 is 0 Å². The van der Waals surface area contributed by atoms with Crippen LogP contribution in [0.5, 0.6) is 0 Å². The lowest BCUT2D eigenvalue weighted by atomic mass is 10.1. The number of fused-ring (bicyclic) bond motifs is 1. The zero-order valence-corrected chi connectivity index (χ0v) is 12.7. The topological polar surface area (TPSA) is 109 Å². The predicted octanol–water partition coefficient (Wildman–Crippen LogP) is 0.191. The Labute approximate surface area is 130 Å². The molecular formula is C15H23N7. The Balaban J connectivity index is 1.68. The number of hydrogen-bond donors (Lipinski definition) is 3. The SMILES string of the molecule is NC(N)=NC(N)=Nc1ccc(N2CCN3CCCC3C2)cc1. The van der Waals surface area contributed by atoms with Crippen molar-refractivity contribution in [2.24, 2.45) is 27.2 Å². The van der Waals surface area contributed by atoms with Gasteiger partial charge in [0.2, 0.25) is 5.96 Å². The number of aliphatic imine (C=N–C) groups is 2. The molecule has 22 heavy (non-hydrogen) atoms. The molecule has 7 nitrogen and oxygen atoms in total. The molecule has 0 aromatic heterocycles. The van der Waals surface area contributed by atoms with Gasteiger partial charge in [0.05, 0.1) is 5.69 Å². The van der Waals surface area contributed by atoms with Crippen LogP contribution < -0.4 is 22.1 Å². The number of nitrogens with two attached hydrogens (primary N) is 3. The molecule has 0 bridgehead atoms. The normalized spacial score (nSPS) is 22.5. The molecule has 0 radical (unpaired) electrons. The van der Waals surface area contributed by atoms with Crippen LogP contribution in [-0.4, -0.2) is 49.0 Å². The number of anilines is 1. The van der Waals surface area contributed by atoms with Gasteiger partial charge in [-0.3, -0.25) is 4.90 Å². The molecule has 3 rings (SSSR count). The molecule has 0 spiro atoms. The lowest BCUT2D eigenvalue weighted by Gasteiger charge is -2.38. The van der Waals surface area contributed by atoms with Gasteiger partial charge in [-0.05, 0) is 43.7 Å². The van der Waals surface area contributed by atoms with Crippen LogP contribution in [0, 0.1) is 0 Å². The van der Waals surface area contributed by atoms with E-state index in [0.29, 0.717) is 6.04 Å². The van der Waals surface area contributed by atoms with Crippen molar-refractivity contribution in [2.75, 3.05) is 31.1 Å². The molecular weight excluding hydrogens is 278 g/mol. The minimum atomic E-state index is -0.0905. The minimum Gasteiger partial charge on any atom is -0.370 e. The number of guanidine groups is 2. The van der Waals surface area contributed by atoms with Crippen molar-refractivity contribution in [1.29, 1.82) is 0 Å². The van der Waals surface area contributed by atoms with E-state index in [0.717, 1.165) is 25.3 Å². The molecule has 7 heteroatoms. The highest BCUT2D eigenvalue weighted by Crippen LogP contribution is 2.26. The highest BCUT2D eigenvalue weighted by molar-refractivity contribution is 5.93. The summed E-state index contributed by atoms with van der Waals surface area (Å²) in [5.41, 5.74) is 18.1. The first kappa shape index (κ1) is 14.6. The van der Waals surface area contributed by atoms with Crippen LogP contribution in [0.3, 0.4) is 0 Å². The van der Waals surface area contributed by atoms with Crippen molar-refractivity contribution in [2.45, 2.75) is 18.9 Å². The summed E-state index contributed by atoms with van der Waals surface area (Å²) in [5.74, 6) is -0.0281. The average Bonchev–Trinajstić information content (AvgIpc) is 2.94. The van der Waals surface area contributed by atoms with Crippen LogP contribution in [0.15, 0.2) is 34.3 Å². The van der Waals surface area contributed by atoms with E-state index in [-0.39, 0.29) is 11.9 Å². The molecule has 2 heterocycles. The summed E-state index contributed by atoms with van der Waals surface area (Å²) >= 11 is 0. The molecule has 1 aromatic rings. The van der Waals surface area contributed by atoms with Gasteiger partial charge in [0.1, 0.15) is 0 Å². The number of hydrogen-bond acceptors (Lipinski definition) is 3. The molecule has 118 valence electrons. The fourth-order valence-electron chi connectivity index (χ4n) is 3.25. The second kappa shape index (κ2) is 6.23. The van der Waals surface area contributed by atoms with E-state index in [1.165, 1.54) is 25.1 Å². The summed E-state index contributed by atoms with van der Waals surface area (Å²) in [6, 6.07) is 8.74. The zero-order valence-electron chi connectivity index (χ0n) is 12.7. The van der Waals surface area contributed by atoms with Crippen molar-refractivity contribution in [3.05, 3.63) is 24.3 Å². The number of nitrogens with zero attached hydrogens (tertiary/aromatic N) is 4. The van der Waals surface area contributed by atoms with E-state index in [4.69, 9.17) is 17.2 Å². The van der Waals surface area contributed by atoms with Gasteiger partial charge in [-0.15, -0.1) is 0 Å². The quantitative estimate of drug-likeness (QED) is 0.533. The van der Waals surface area contributed by atoms with E-state index < -0.39 is 0 Å². The van der Waals surface area contributed by atoms with Gasteiger partial charge in [-0.2, -0.15) is 4.99 Å². The molecule has 2 fully saturated rings. The molecule has 1 aromatic carbocycles. The summed E-state index contributed by atoms with van der Waals surface area (Å²) in [7, 11) is 0. The largest absolute Gasteiger partial charge is 0.370 e. The lowest BCUT2D eigenvalue weighted by molar-refractivity contribution is 0.231. The molecule has 2 aliphatic rings. The third-order valence-electron chi connectivity index (χ3n) is 4.29. The van der Waals surface area contributed by atoms with Gasteiger partial charge in [-0.25, -0.2) is 4.99 Å². The van der Waals surface area contributed by atoms with E-state index in [2.05, 4.69) is 31.9 Å². The third-order valence-corrected chi connectivity index (χ3v) is 4.29. The number of rotatable bonds is 2. The molecule has 0 aliphatic carbocycles. The standard InChI is InChI=1S/C15H23N7/c16-14(17)20-15(18)19-11-3-5-12(6-4-11)22-9-8-21-7-1-2-13(21)10-22/h3-6,13H,1-2,7-10H2,(H6,16,17,18,19,20). The predicted molar refractivity (Wildman–Crippen MR) is 90.3 cm³/mol. The van der Waals surface area contributed by atoms with Crippen LogP contribution in [0.2, 0.25) is 0 Å². The van der Waals surface area contributed by atoms with Crippen LogP contribution >= 0.6 is 0 Å². The second-order valence-corrected chi connectivity index (χ2v) is 5.80. The molecule has 1 atom stereocenters. The van der Waals surface area contributed by atoms with Crippen LogP contribution in [0.4, 0.5) is 11.4 Å². The van der Waals surface area contributed by atoms with E-state index in [1.807, 2.05) is 12.1 Å². The Morgan fingerprint density at radius 2 is 1.82 bits per heavy atom. The van der Waals surface area contributed by atoms with Gasteiger partial charge >= 0.3 is 0 Å². The smallest absolute Gasteiger partial charge is 0.223 e. The minimum absolute atomic E-state index is 0.0623. The Kier molecular flexibility index (Phi) is 4.15. The fourth-order valence-corrected chi connectivity index (χ4v) is 3.25. The van der Waals surface area contributed by atoms with Gasteiger partial charge < -0.3 is 22.1 Å². The van der Waals surface area contributed by atoms with E-state index in [9.17, 15) is 0 Å². The van der Waals surface area contributed by atoms with Crippen molar-refractivity contribution in [1.82, 2.24) is 4.90 Å². The second-order valence-electron chi connectivity index (χ2n) is 5.80. The molecule has 0 saturated carbocycles. The van der Waals surface area contributed by atoms with Crippen molar-refractivity contribution in [3.63, 3.8) is 0 Å². The van der Waals surface area contributed by atoms with Crippen LogP contribution in [0.1, 0.15) is 12.8 Å². The molecule has 1 unspecified atom stereocenters.